The number of rotatable bonds is 7. The summed E-state index contributed by atoms with van der Waals surface area (Å²) in [5, 5.41) is 5.78. The fourth-order valence-corrected chi connectivity index (χ4v) is 2.38. The zero-order chi connectivity index (χ0) is 19.1. The van der Waals surface area contributed by atoms with Crippen LogP contribution in [0.25, 0.3) is 0 Å². The first-order valence-corrected chi connectivity index (χ1v) is 8.40. The Balaban J connectivity index is 1.50. The van der Waals surface area contributed by atoms with E-state index >= 15 is 0 Å². The number of ether oxygens (including phenoxy) is 1. The summed E-state index contributed by atoms with van der Waals surface area (Å²) >= 11 is 0. The minimum atomic E-state index is -0.360. The topological polar surface area (TPSA) is 76.1 Å². The van der Waals surface area contributed by atoms with Gasteiger partial charge in [-0.05, 0) is 48.4 Å². The van der Waals surface area contributed by atoms with Gasteiger partial charge in [0.05, 0.1) is 12.7 Å². The molecule has 7 heteroatoms. The quantitative estimate of drug-likeness (QED) is 0.669. The molecule has 1 heterocycles. The number of nitrogens with one attached hydrogen (secondary N) is 2. The van der Waals surface area contributed by atoms with Gasteiger partial charge in [0.25, 0.3) is 5.91 Å². The molecule has 3 aromatic rings. The van der Waals surface area contributed by atoms with Crippen molar-refractivity contribution in [2.45, 2.75) is 6.42 Å². The smallest absolute Gasteiger partial charge is 0.258 e. The highest BCUT2D eigenvalue weighted by molar-refractivity contribution is 6.03. The predicted octanol–water partition coefficient (Wildman–Crippen LogP) is 3.53. The molecule has 1 amide bonds. The molecule has 0 atom stereocenters. The van der Waals surface area contributed by atoms with Crippen LogP contribution in [-0.2, 0) is 6.42 Å². The number of carbonyl (C=O) groups excluding carboxylic acids is 1. The maximum Gasteiger partial charge on any atom is 0.258 e. The molecule has 2 N–H and O–H groups in total. The first-order chi connectivity index (χ1) is 13.1. The molecule has 0 saturated carbocycles. The predicted molar refractivity (Wildman–Crippen MR) is 102 cm³/mol. The number of nitrogens with zero attached hydrogens (tertiary/aromatic N) is 2. The molecule has 0 aliphatic carbocycles. The van der Waals surface area contributed by atoms with Crippen molar-refractivity contribution in [2.24, 2.45) is 0 Å². The molecule has 0 bridgehead atoms. The Bertz CT molecular complexity index is 881. The van der Waals surface area contributed by atoms with Gasteiger partial charge >= 0.3 is 0 Å². The van der Waals surface area contributed by atoms with E-state index in [0.29, 0.717) is 23.7 Å². The summed E-state index contributed by atoms with van der Waals surface area (Å²) < 4.78 is 18.0. The number of aromatic nitrogens is 2. The van der Waals surface area contributed by atoms with E-state index in [9.17, 15) is 9.18 Å². The zero-order valence-electron chi connectivity index (χ0n) is 14.8. The summed E-state index contributed by atoms with van der Waals surface area (Å²) in [4.78, 5) is 20.4. The average Bonchev–Trinajstić information content (AvgIpc) is 2.71. The number of halogens is 1. The van der Waals surface area contributed by atoms with E-state index in [1.165, 1.54) is 42.2 Å². The average molecular weight is 366 g/mol. The fraction of sp³-hybridized carbons (Fsp3) is 0.150. The summed E-state index contributed by atoms with van der Waals surface area (Å²) in [6.45, 7) is 0.660. The molecule has 0 spiro atoms. The fourth-order valence-electron chi connectivity index (χ4n) is 2.38. The summed E-state index contributed by atoms with van der Waals surface area (Å²) in [5.41, 5.74) is 1.99. The first kappa shape index (κ1) is 18.3. The minimum Gasteiger partial charge on any atom is -0.497 e. The maximum absolute atomic E-state index is 12.9. The molecule has 0 fully saturated rings. The van der Waals surface area contributed by atoms with Crippen LogP contribution >= 0.6 is 0 Å². The van der Waals surface area contributed by atoms with Crippen LogP contribution in [0.4, 0.5) is 16.0 Å². The van der Waals surface area contributed by atoms with Gasteiger partial charge in [0, 0.05) is 24.6 Å². The lowest BCUT2D eigenvalue weighted by Gasteiger charge is -2.07. The molecule has 0 aliphatic heterocycles. The SMILES string of the molecule is COc1ccc(CCNc2ncc(C(=O)Nc3ccc(F)cc3)cn2)cc1. The van der Waals surface area contributed by atoms with Gasteiger partial charge in [0.1, 0.15) is 11.6 Å². The molecule has 6 nitrogen and oxygen atoms in total. The molecule has 0 saturated heterocycles. The zero-order valence-corrected chi connectivity index (χ0v) is 14.8. The molecule has 1 aromatic heterocycles. The molecular formula is C20H19FN4O2. The molecular weight excluding hydrogens is 347 g/mol. The maximum atomic E-state index is 12.9. The molecule has 0 aliphatic rings. The van der Waals surface area contributed by atoms with Crippen molar-refractivity contribution in [3.63, 3.8) is 0 Å². The van der Waals surface area contributed by atoms with Crippen LogP contribution in [-0.4, -0.2) is 29.5 Å². The van der Waals surface area contributed by atoms with Crippen molar-refractivity contribution in [3.05, 3.63) is 77.9 Å². The number of methoxy groups -OCH3 is 1. The van der Waals surface area contributed by atoms with Crippen LogP contribution in [0.1, 0.15) is 15.9 Å². The first-order valence-electron chi connectivity index (χ1n) is 8.40. The largest absolute Gasteiger partial charge is 0.497 e. The van der Waals surface area contributed by atoms with Gasteiger partial charge in [0.15, 0.2) is 0 Å². The third-order valence-electron chi connectivity index (χ3n) is 3.87. The van der Waals surface area contributed by atoms with E-state index in [2.05, 4.69) is 20.6 Å². The summed E-state index contributed by atoms with van der Waals surface area (Å²) in [7, 11) is 1.64. The lowest BCUT2D eigenvalue weighted by Crippen LogP contribution is -2.14. The Hall–Kier alpha value is -3.48. The molecule has 2 aromatic carbocycles. The molecule has 138 valence electrons. The Morgan fingerprint density at radius 2 is 1.70 bits per heavy atom. The van der Waals surface area contributed by atoms with Gasteiger partial charge in [-0.3, -0.25) is 4.79 Å². The second-order valence-electron chi connectivity index (χ2n) is 5.78. The van der Waals surface area contributed by atoms with E-state index in [0.717, 1.165) is 12.2 Å². The van der Waals surface area contributed by atoms with Crippen molar-refractivity contribution >= 4 is 17.5 Å². The number of carbonyl (C=O) groups is 1. The van der Waals surface area contributed by atoms with Gasteiger partial charge < -0.3 is 15.4 Å². The highest BCUT2D eigenvalue weighted by Crippen LogP contribution is 2.12. The van der Waals surface area contributed by atoms with Crippen molar-refractivity contribution in [1.82, 2.24) is 9.97 Å². The highest BCUT2D eigenvalue weighted by Gasteiger charge is 2.08. The van der Waals surface area contributed by atoms with Gasteiger partial charge in [-0.2, -0.15) is 0 Å². The van der Waals surface area contributed by atoms with E-state index in [1.807, 2.05) is 24.3 Å². The van der Waals surface area contributed by atoms with Crippen LogP contribution in [0, 0.1) is 5.82 Å². The van der Waals surface area contributed by atoms with Crippen molar-refractivity contribution < 1.29 is 13.9 Å². The standard InChI is InChI=1S/C20H19FN4O2/c1-27-18-8-2-14(3-9-18)10-11-22-20-23-12-15(13-24-20)19(26)25-17-6-4-16(21)5-7-17/h2-9,12-13H,10-11H2,1H3,(H,25,26)(H,22,23,24). The molecule has 3 rings (SSSR count). The van der Waals surface area contributed by atoms with Crippen LogP contribution in [0.2, 0.25) is 0 Å². The lowest BCUT2D eigenvalue weighted by molar-refractivity contribution is 0.102. The normalized spacial score (nSPS) is 10.3. The van der Waals surface area contributed by atoms with Crippen LogP contribution in [0.5, 0.6) is 5.75 Å². The number of hydrogen-bond acceptors (Lipinski definition) is 5. The Kier molecular flexibility index (Phi) is 5.94. The van der Waals surface area contributed by atoms with E-state index in [1.54, 1.807) is 7.11 Å². The summed E-state index contributed by atoms with van der Waals surface area (Å²) in [5.74, 6) is 0.555. The number of hydrogen-bond donors (Lipinski definition) is 2. The van der Waals surface area contributed by atoms with Gasteiger partial charge in [-0.1, -0.05) is 12.1 Å². The monoisotopic (exact) mass is 366 g/mol. The summed E-state index contributed by atoms with van der Waals surface area (Å²) in [6.07, 6.45) is 3.70. The minimum absolute atomic E-state index is 0.319. The molecule has 27 heavy (non-hydrogen) atoms. The van der Waals surface area contributed by atoms with E-state index in [-0.39, 0.29) is 11.7 Å². The second-order valence-corrected chi connectivity index (χ2v) is 5.78. The Morgan fingerprint density at radius 3 is 2.33 bits per heavy atom. The second kappa shape index (κ2) is 8.75. The van der Waals surface area contributed by atoms with Crippen molar-refractivity contribution in [2.75, 3.05) is 24.3 Å². The summed E-state index contributed by atoms with van der Waals surface area (Å²) in [6, 6.07) is 13.4. The molecule has 0 unspecified atom stereocenters. The lowest BCUT2D eigenvalue weighted by atomic mass is 10.1. The number of benzene rings is 2. The third kappa shape index (κ3) is 5.24. The number of amides is 1. The molecule has 0 radical (unpaired) electrons. The van der Waals surface area contributed by atoms with Gasteiger partial charge in [-0.15, -0.1) is 0 Å². The number of anilines is 2. The highest BCUT2D eigenvalue weighted by atomic mass is 19.1. The van der Waals surface area contributed by atoms with Crippen LogP contribution in [0.3, 0.4) is 0 Å². The van der Waals surface area contributed by atoms with E-state index < -0.39 is 0 Å². The van der Waals surface area contributed by atoms with Crippen molar-refractivity contribution in [1.29, 1.82) is 0 Å². The van der Waals surface area contributed by atoms with Crippen LogP contribution < -0.4 is 15.4 Å². The van der Waals surface area contributed by atoms with Gasteiger partial charge in [-0.25, -0.2) is 14.4 Å². The third-order valence-corrected chi connectivity index (χ3v) is 3.87. The van der Waals surface area contributed by atoms with Gasteiger partial charge in [0.2, 0.25) is 5.95 Å². The Morgan fingerprint density at radius 1 is 1.04 bits per heavy atom. The Labute approximate surface area is 156 Å². The van der Waals surface area contributed by atoms with Crippen molar-refractivity contribution in [3.8, 4) is 5.75 Å². The van der Waals surface area contributed by atoms with Crippen LogP contribution in [0.15, 0.2) is 60.9 Å². The van der Waals surface area contributed by atoms with E-state index in [4.69, 9.17) is 4.74 Å².